The highest BCUT2D eigenvalue weighted by Crippen LogP contribution is 2.27. The van der Waals surface area contributed by atoms with Crippen molar-refractivity contribution in [3.63, 3.8) is 0 Å². The number of H-pyrrole nitrogens is 1. The Kier molecular flexibility index (Phi) is 3.14. The number of para-hydroxylation sites is 1. The molecule has 0 amide bonds. The van der Waals surface area contributed by atoms with E-state index in [9.17, 15) is 9.59 Å². The molecule has 3 heterocycles. The number of rotatable bonds is 2. The molecule has 0 saturated heterocycles. The first-order valence-electron chi connectivity index (χ1n) is 8.30. The van der Waals surface area contributed by atoms with Crippen LogP contribution in [0.3, 0.4) is 0 Å². The lowest BCUT2D eigenvalue weighted by Crippen LogP contribution is -2.26. The standard InChI is InChI=1S/C21H14N2O2S/c1-12-10-16-20(26-12)19(24)18-15(22-16)11-17(13-6-5-7-13)23(21(18)25)14-8-3-2-4-9-14/h2-11H,1H3,(H,22,24). The Hall–Kier alpha value is -3.18. The first-order valence-corrected chi connectivity index (χ1v) is 9.11. The largest absolute Gasteiger partial charge is 0.353 e. The van der Waals surface area contributed by atoms with Gasteiger partial charge in [-0.15, -0.1) is 11.3 Å². The molecule has 26 heavy (non-hydrogen) atoms. The maximum Gasteiger partial charge on any atom is 0.269 e. The van der Waals surface area contributed by atoms with Gasteiger partial charge in [0.2, 0.25) is 5.43 Å². The first kappa shape index (κ1) is 15.1. The molecule has 0 atom stereocenters. The molecule has 0 radical (unpaired) electrons. The molecule has 0 unspecified atom stereocenters. The topological polar surface area (TPSA) is 54.9 Å². The van der Waals surface area contributed by atoms with Crippen molar-refractivity contribution >= 4 is 38.0 Å². The number of nitrogens with zero attached hydrogens (tertiary/aromatic N) is 1. The number of fused-ring (bicyclic) bond motifs is 2. The molecule has 4 nitrogen and oxygen atoms in total. The SMILES string of the molecule is Cc1cc2[nH]c3cc(C4=CC=C4)n(-c4ccccc4)c(=O)c3c(=O)c2s1. The zero-order valence-corrected chi connectivity index (χ0v) is 14.8. The molecule has 1 aliphatic rings. The van der Waals surface area contributed by atoms with Crippen LogP contribution in [0.2, 0.25) is 0 Å². The van der Waals surface area contributed by atoms with E-state index in [-0.39, 0.29) is 16.4 Å². The zero-order valence-electron chi connectivity index (χ0n) is 13.9. The molecule has 1 N–H and O–H groups in total. The van der Waals surface area contributed by atoms with Gasteiger partial charge >= 0.3 is 0 Å². The monoisotopic (exact) mass is 358 g/mol. The molecule has 0 fully saturated rings. The third-order valence-electron chi connectivity index (χ3n) is 4.63. The lowest BCUT2D eigenvalue weighted by Gasteiger charge is -2.17. The van der Waals surface area contributed by atoms with E-state index in [1.54, 1.807) is 4.57 Å². The molecular formula is C21H14N2O2S. The van der Waals surface area contributed by atoms with Crippen LogP contribution in [0.25, 0.3) is 32.4 Å². The van der Waals surface area contributed by atoms with E-state index < -0.39 is 0 Å². The molecule has 0 spiro atoms. The second kappa shape index (κ2) is 5.41. The molecule has 0 bridgehead atoms. The van der Waals surface area contributed by atoms with Crippen molar-refractivity contribution in [3.8, 4) is 5.69 Å². The second-order valence-corrected chi connectivity index (χ2v) is 7.59. The number of pyridine rings is 2. The Labute approximate surface area is 152 Å². The quantitative estimate of drug-likeness (QED) is 0.585. The van der Waals surface area contributed by atoms with E-state index in [1.807, 2.05) is 67.6 Å². The van der Waals surface area contributed by atoms with Crippen LogP contribution in [0.1, 0.15) is 10.6 Å². The van der Waals surface area contributed by atoms with Gasteiger partial charge < -0.3 is 4.98 Å². The van der Waals surface area contributed by atoms with Gasteiger partial charge in [-0.3, -0.25) is 14.2 Å². The van der Waals surface area contributed by atoms with Gasteiger partial charge in [0.1, 0.15) is 5.39 Å². The van der Waals surface area contributed by atoms with Crippen LogP contribution in [0.15, 0.2) is 70.3 Å². The number of allylic oxidation sites excluding steroid dienone is 4. The molecule has 0 saturated carbocycles. The van der Waals surface area contributed by atoms with E-state index in [2.05, 4.69) is 4.98 Å². The number of nitrogens with one attached hydrogen (secondary N) is 1. The summed E-state index contributed by atoms with van der Waals surface area (Å²) in [6.07, 6.45) is 5.87. The van der Waals surface area contributed by atoms with Gasteiger partial charge in [-0.2, -0.15) is 0 Å². The minimum atomic E-state index is -0.292. The van der Waals surface area contributed by atoms with Crippen LogP contribution in [0.5, 0.6) is 0 Å². The Bertz CT molecular complexity index is 1370. The van der Waals surface area contributed by atoms with Crippen molar-refractivity contribution in [2.24, 2.45) is 0 Å². The maximum atomic E-state index is 13.4. The van der Waals surface area contributed by atoms with E-state index in [4.69, 9.17) is 0 Å². The fourth-order valence-electron chi connectivity index (χ4n) is 3.37. The van der Waals surface area contributed by atoms with Gasteiger partial charge in [0.25, 0.3) is 5.56 Å². The lowest BCUT2D eigenvalue weighted by molar-refractivity contribution is 0.982. The summed E-state index contributed by atoms with van der Waals surface area (Å²) >= 11 is 1.42. The molecule has 5 heteroatoms. The Morgan fingerprint density at radius 2 is 1.81 bits per heavy atom. The predicted octanol–water partition coefficient (Wildman–Crippen LogP) is 4.16. The first-order chi connectivity index (χ1) is 12.6. The number of aromatic nitrogens is 2. The summed E-state index contributed by atoms with van der Waals surface area (Å²) in [5.74, 6) is 0. The summed E-state index contributed by atoms with van der Waals surface area (Å²) < 4.78 is 2.22. The number of hydrogen-bond acceptors (Lipinski definition) is 3. The van der Waals surface area contributed by atoms with Crippen LogP contribution in [0, 0.1) is 6.92 Å². The normalized spacial score (nSPS) is 13.2. The number of aryl methyl sites for hydroxylation is 1. The summed E-state index contributed by atoms with van der Waals surface area (Å²) in [5.41, 5.74) is 3.36. The third kappa shape index (κ3) is 2.07. The molecule has 5 rings (SSSR count). The minimum absolute atomic E-state index is 0.203. The molecule has 126 valence electrons. The van der Waals surface area contributed by atoms with E-state index in [1.165, 1.54) is 11.3 Å². The zero-order chi connectivity index (χ0) is 17.8. The van der Waals surface area contributed by atoms with Crippen molar-refractivity contribution in [2.75, 3.05) is 0 Å². The molecular weight excluding hydrogens is 344 g/mol. The Morgan fingerprint density at radius 1 is 1.04 bits per heavy atom. The fraction of sp³-hybridized carbons (Fsp3) is 0.0476. The van der Waals surface area contributed by atoms with Gasteiger partial charge in [0.05, 0.1) is 21.4 Å². The number of hydrogen-bond donors (Lipinski definition) is 1. The van der Waals surface area contributed by atoms with Crippen LogP contribution in [0.4, 0.5) is 0 Å². The number of thiophene rings is 1. The van der Waals surface area contributed by atoms with Crippen LogP contribution >= 0.6 is 11.3 Å². The van der Waals surface area contributed by atoms with Gasteiger partial charge in [0, 0.05) is 10.6 Å². The van der Waals surface area contributed by atoms with E-state index >= 15 is 0 Å². The second-order valence-electron chi connectivity index (χ2n) is 6.33. The fourth-order valence-corrected chi connectivity index (χ4v) is 4.28. The van der Waals surface area contributed by atoms with Crippen LogP contribution in [-0.4, -0.2) is 9.55 Å². The van der Waals surface area contributed by atoms with Crippen molar-refractivity contribution in [2.45, 2.75) is 6.92 Å². The summed E-state index contributed by atoms with van der Waals surface area (Å²) in [6.45, 7) is 1.96. The van der Waals surface area contributed by atoms with Crippen LogP contribution in [-0.2, 0) is 0 Å². The highest BCUT2D eigenvalue weighted by molar-refractivity contribution is 7.18. The van der Waals surface area contributed by atoms with Gasteiger partial charge in [0.15, 0.2) is 0 Å². The van der Waals surface area contributed by atoms with Crippen LogP contribution < -0.4 is 11.0 Å². The van der Waals surface area contributed by atoms with Gasteiger partial charge in [-0.1, -0.05) is 36.4 Å². The van der Waals surface area contributed by atoms with Crippen molar-refractivity contribution < 1.29 is 0 Å². The Morgan fingerprint density at radius 3 is 2.50 bits per heavy atom. The van der Waals surface area contributed by atoms with Gasteiger partial charge in [-0.05, 0) is 36.8 Å². The molecule has 0 aliphatic heterocycles. The maximum absolute atomic E-state index is 13.4. The summed E-state index contributed by atoms with van der Waals surface area (Å²) in [4.78, 5) is 30.7. The smallest absolute Gasteiger partial charge is 0.269 e. The molecule has 1 aliphatic carbocycles. The van der Waals surface area contributed by atoms with Crippen molar-refractivity contribution in [1.82, 2.24) is 9.55 Å². The Balaban J connectivity index is 1.98. The average Bonchev–Trinajstić information content (AvgIpc) is 2.95. The highest BCUT2D eigenvalue weighted by atomic mass is 32.1. The van der Waals surface area contributed by atoms with Gasteiger partial charge in [-0.25, -0.2) is 0 Å². The minimum Gasteiger partial charge on any atom is -0.353 e. The number of aromatic amines is 1. The summed E-state index contributed by atoms with van der Waals surface area (Å²) in [6, 6.07) is 13.3. The van der Waals surface area contributed by atoms with E-state index in [0.717, 1.165) is 27.3 Å². The summed E-state index contributed by atoms with van der Waals surface area (Å²) in [7, 11) is 0. The summed E-state index contributed by atoms with van der Waals surface area (Å²) in [5, 5.41) is 0.204. The number of benzene rings is 1. The van der Waals surface area contributed by atoms with E-state index in [0.29, 0.717) is 10.2 Å². The highest BCUT2D eigenvalue weighted by Gasteiger charge is 2.19. The average molecular weight is 358 g/mol. The lowest BCUT2D eigenvalue weighted by atomic mass is 10.0. The predicted molar refractivity (Wildman–Crippen MR) is 107 cm³/mol. The third-order valence-corrected chi connectivity index (χ3v) is 5.68. The van der Waals surface area contributed by atoms with Crippen molar-refractivity contribution in [1.29, 1.82) is 0 Å². The molecule has 3 aromatic heterocycles. The molecule has 4 aromatic rings. The molecule has 1 aromatic carbocycles. The van der Waals surface area contributed by atoms with Crippen molar-refractivity contribution in [3.05, 3.63) is 91.8 Å².